The molecule has 1 aromatic heterocycles. The Morgan fingerprint density at radius 2 is 2.38 bits per heavy atom. The fourth-order valence-electron chi connectivity index (χ4n) is 2.64. The minimum atomic E-state index is -0.734. The molecule has 2 heterocycles. The molecule has 0 radical (unpaired) electrons. The number of thiophene rings is 1. The van der Waals surface area contributed by atoms with E-state index in [0.29, 0.717) is 32.5 Å². The van der Waals surface area contributed by atoms with E-state index in [1.807, 2.05) is 18.4 Å². The summed E-state index contributed by atoms with van der Waals surface area (Å²) >= 11 is 1.68. The maximum absolute atomic E-state index is 12.4. The minimum Gasteiger partial charge on any atom is -0.383 e. The number of carbonyl (C=O) groups is 2. The molecule has 5 nitrogen and oxygen atoms in total. The Bertz CT molecular complexity index is 489. The molecule has 0 spiro atoms. The van der Waals surface area contributed by atoms with Gasteiger partial charge >= 0.3 is 0 Å². The molecule has 0 bridgehead atoms. The summed E-state index contributed by atoms with van der Waals surface area (Å²) in [4.78, 5) is 27.5. The van der Waals surface area contributed by atoms with Gasteiger partial charge in [0.25, 0.3) is 0 Å². The van der Waals surface area contributed by atoms with E-state index in [9.17, 15) is 9.59 Å². The first-order chi connectivity index (χ1) is 10.1. The Morgan fingerprint density at radius 3 is 3.05 bits per heavy atom. The summed E-state index contributed by atoms with van der Waals surface area (Å²) in [6, 6.07) is 4.06. The molecule has 2 rings (SSSR count). The molecular weight excluding hydrogens is 288 g/mol. The molecule has 1 atom stereocenters. The third kappa shape index (κ3) is 3.63. The lowest BCUT2D eigenvalue weighted by Crippen LogP contribution is -2.55. The van der Waals surface area contributed by atoms with Crippen molar-refractivity contribution < 1.29 is 14.3 Å². The van der Waals surface area contributed by atoms with Crippen molar-refractivity contribution >= 4 is 23.2 Å². The number of hydrogen-bond donors (Lipinski definition) is 1. The van der Waals surface area contributed by atoms with Crippen molar-refractivity contribution in [3.63, 3.8) is 0 Å². The van der Waals surface area contributed by atoms with Crippen LogP contribution in [0.5, 0.6) is 0 Å². The first-order valence-corrected chi connectivity index (χ1v) is 8.06. The zero-order valence-electron chi connectivity index (χ0n) is 12.6. The van der Waals surface area contributed by atoms with Gasteiger partial charge in [-0.25, -0.2) is 0 Å². The summed E-state index contributed by atoms with van der Waals surface area (Å²) in [6.07, 6.45) is 1.82. The molecule has 0 unspecified atom stereocenters. The monoisotopic (exact) mass is 310 g/mol. The minimum absolute atomic E-state index is 0.0657. The van der Waals surface area contributed by atoms with Crippen molar-refractivity contribution in [3.8, 4) is 0 Å². The lowest BCUT2D eigenvalue weighted by Gasteiger charge is -2.34. The molecule has 1 aromatic rings. The van der Waals surface area contributed by atoms with E-state index < -0.39 is 5.54 Å². The average molecular weight is 310 g/mol. The van der Waals surface area contributed by atoms with Gasteiger partial charge in [0, 0.05) is 31.5 Å². The van der Waals surface area contributed by atoms with E-state index >= 15 is 0 Å². The van der Waals surface area contributed by atoms with Gasteiger partial charge in [0.15, 0.2) is 0 Å². The molecule has 1 aliphatic heterocycles. The van der Waals surface area contributed by atoms with E-state index in [4.69, 9.17) is 4.74 Å². The summed E-state index contributed by atoms with van der Waals surface area (Å²) in [6.45, 7) is 3.39. The number of carbonyl (C=O) groups excluding carboxylic acids is 2. The third-order valence-corrected chi connectivity index (χ3v) is 4.90. The van der Waals surface area contributed by atoms with Crippen molar-refractivity contribution in [3.05, 3.63) is 22.4 Å². The van der Waals surface area contributed by atoms with Crippen LogP contribution in [0.2, 0.25) is 0 Å². The van der Waals surface area contributed by atoms with Crippen molar-refractivity contribution in [2.45, 2.75) is 31.7 Å². The maximum atomic E-state index is 12.4. The first-order valence-electron chi connectivity index (χ1n) is 7.18. The Labute approximate surface area is 129 Å². The van der Waals surface area contributed by atoms with Crippen molar-refractivity contribution in [2.24, 2.45) is 0 Å². The first kappa shape index (κ1) is 16.0. The number of ether oxygens (including phenoxy) is 1. The number of rotatable bonds is 7. The number of likely N-dealkylation sites (tertiary alicyclic amines) is 1. The SMILES string of the molecule is COCCNC(=O)[C@]1(C)CCC(=O)N1CCc1cccs1. The summed E-state index contributed by atoms with van der Waals surface area (Å²) in [7, 11) is 1.60. The van der Waals surface area contributed by atoms with Gasteiger partial charge in [-0.3, -0.25) is 9.59 Å². The van der Waals surface area contributed by atoms with Gasteiger partial charge in [0.2, 0.25) is 11.8 Å². The van der Waals surface area contributed by atoms with Gasteiger partial charge in [-0.15, -0.1) is 11.3 Å². The number of nitrogens with one attached hydrogen (secondary N) is 1. The lowest BCUT2D eigenvalue weighted by atomic mass is 9.97. The molecule has 0 saturated carbocycles. The van der Waals surface area contributed by atoms with Crippen LogP contribution in [0.25, 0.3) is 0 Å². The molecule has 1 aliphatic rings. The van der Waals surface area contributed by atoms with Crippen LogP contribution in [0.3, 0.4) is 0 Å². The highest BCUT2D eigenvalue weighted by Gasteiger charge is 2.46. The zero-order chi connectivity index (χ0) is 15.3. The van der Waals surface area contributed by atoms with E-state index in [2.05, 4.69) is 11.4 Å². The van der Waals surface area contributed by atoms with Crippen LogP contribution in [-0.2, 0) is 20.7 Å². The second-order valence-electron chi connectivity index (χ2n) is 5.40. The molecule has 2 amide bonds. The highest BCUT2D eigenvalue weighted by atomic mass is 32.1. The van der Waals surface area contributed by atoms with Gasteiger partial charge in [-0.2, -0.15) is 0 Å². The predicted molar refractivity (Wildman–Crippen MR) is 82.3 cm³/mol. The van der Waals surface area contributed by atoms with Crippen LogP contribution >= 0.6 is 11.3 Å². The normalized spacial score (nSPS) is 21.8. The van der Waals surface area contributed by atoms with Gasteiger partial charge in [-0.1, -0.05) is 6.07 Å². The Hall–Kier alpha value is -1.40. The summed E-state index contributed by atoms with van der Waals surface area (Å²) < 4.78 is 4.94. The van der Waals surface area contributed by atoms with Gasteiger partial charge in [0.05, 0.1) is 6.61 Å². The van der Waals surface area contributed by atoms with Crippen LogP contribution in [-0.4, -0.2) is 49.1 Å². The summed E-state index contributed by atoms with van der Waals surface area (Å²) in [5, 5.41) is 4.88. The molecule has 116 valence electrons. The van der Waals surface area contributed by atoms with Crippen LogP contribution in [0.4, 0.5) is 0 Å². The lowest BCUT2D eigenvalue weighted by molar-refractivity contribution is -0.140. The maximum Gasteiger partial charge on any atom is 0.245 e. The van der Waals surface area contributed by atoms with Crippen LogP contribution in [0.15, 0.2) is 17.5 Å². The van der Waals surface area contributed by atoms with Crippen LogP contribution < -0.4 is 5.32 Å². The molecule has 21 heavy (non-hydrogen) atoms. The standard InChI is InChI=1S/C15H22N2O3S/c1-15(14(19)16-8-10-20-2)7-5-13(18)17(15)9-6-12-4-3-11-21-12/h3-4,11H,5-10H2,1-2H3,(H,16,19)/t15-/m0/s1. The average Bonchev–Trinajstić information content (AvgIpc) is 3.07. The van der Waals surface area contributed by atoms with E-state index in [-0.39, 0.29) is 11.8 Å². The smallest absolute Gasteiger partial charge is 0.245 e. The molecule has 6 heteroatoms. The van der Waals surface area contributed by atoms with Gasteiger partial charge in [-0.05, 0) is 31.2 Å². The van der Waals surface area contributed by atoms with Gasteiger partial charge < -0.3 is 15.0 Å². The van der Waals surface area contributed by atoms with Crippen LogP contribution in [0.1, 0.15) is 24.6 Å². The van der Waals surface area contributed by atoms with E-state index in [1.165, 1.54) is 4.88 Å². The number of hydrogen-bond acceptors (Lipinski definition) is 4. The topological polar surface area (TPSA) is 58.6 Å². The van der Waals surface area contributed by atoms with E-state index in [1.54, 1.807) is 23.3 Å². The fraction of sp³-hybridized carbons (Fsp3) is 0.600. The fourth-order valence-corrected chi connectivity index (χ4v) is 3.34. The van der Waals surface area contributed by atoms with Crippen molar-refractivity contribution in [1.29, 1.82) is 0 Å². The Kier molecular flexibility index (Phi) is 5.36. The largest absolute Gasteiger partial charge is 0.383 e. The quantitative estimate of drug-likeness (QED) is 0.775. The zero-order valence-corrected chi connectivity index (χ0v) is 13.4. The molecule has 0 aromatic carbocycles. The highest BCUT2D eigenvalue weighted by molar-refractivity contribution is 7.09. The van der Waals surface area contributed by atoms with Crippen molar-refractivity contribution in [2.75, 3.05) is 26.8 Å². The highest BCUT2D eigenvalue weighted by Crippen LogP contribution is 2.30. The Balaban J connectivity index is 1.98. The Morgan fingerprint density at radius 1 is 1.57 bits per heavy atom. The molecule has 0 aliphatic carbocycles. The second kappa shape index (κ2) is 7.04. The van der Waals surface area contributed by atoms with Gasteiger partial charge in [0.1, 0.15) is 5.54 Å². The molecule has 1 saturated heterocycles. The number of nitrogens with zero attached hydrogens (tertiary/aromatic N) is 1. The number of amides is 2. The third-order valence-electron chi connectivity index (χ3n) is 3.97. The van der Waals surface area contributed by atoms with Crippen LogP contribution in [0, 0.1) is 0 Å². The second-order valence-corrected chi connectivity index (χ2v) is 6.43. The number of methoxy groups -OCH3 is 1. The summed E-state index contributed by atoms with van der Waals surface area (Å²) in [5.41, 5.74) is -0.734. The van der Waals surface area contributed by atoms with Crippen molar-refractivity contribution in [1.82, 2.24) is 10.2 Å². The predicted octanol–water partition coefficient (Wildman–Crippen LogP) is 1.43. The molecule has 1 N–H and O–H groups in total. The van der Waals surface area contributed by atoms with E-state index in [0.717, 1.165) is 6.42 Å². The molecule has 1 fully saturated rings. The molecular formula is C15H22N2O3S. The summed E-state index contributed by atoms with van der Waals surface area (Å²) in [5.74, 6) is -0.0208.